The Hall–Kier alpha value is -0.0500. The molecule has 0 heterocycles. The minimum absolute atomic E-state index is 0.169. The molecule has 0 aliphatic rings. The van der Waals surface area contributed by atoms with Crippen molar-refractivity contribution >= 4 is 16.9 Å². The monoisotopic (exact) mass is 206 g/mol. The number of hydrogen-bond acceptors (Lipinski definition) is 2. The Morgan fingerprint density at radius 1 is 1.38 bits per heavy atom. The van der Waals surface area contributed by atoms with Crippen LogP contribution in [0.25, 0.3) is 0 Å². The van der Waals surface area contributed by atoms with E-state index < -0.39 is 6.17 Å². The van der Waals surface area contributed by atoms with Crippen LogP contribution in [-0.4, -0.2) is 17.0 Å². The highest BCUT2D eigenvalue weighted by atomic mass is 32.2. The van der Waals surface area contributed by atoms with Gasteiger partial charge in [-0.25, -0.2) is 4.39 Å². The zero-order chi connectivity index (χ0) is 10.1. The molecule has 0 aromatic rings. The SMILES string of the molecule is CCCCC(F)CCSC(=O)CC. The molecule has 0 rings (SSSR count). The summed E-state index contributed by atoms with van der Waals surface area (Å²) in [6.45, 7) is 3.89. The summed E-state index contributed by atoms with van der Waals surface area (Å²) in [5.74, 6) is 0.636. The Bertz CT molecular complexity index is 139. The summed E-state index contributed by atoms with van der Waals surface area (Å²) in [6, 6.07) is 0. The summed E-state index contributed by atoms with van der Waals surface area (Å²) in [6.07, 6.45) is 3.01. The summed E-state index contributed by atoms with van der Waals surface area (Å²) in [5.41, 5.74) is 0. The van der Waals surface area contributed by atoms with Crippen LogP contribution in [0.3, 0.4) is 0 Å². The van der Waals surface area contributed by atoms with E-state index in [2.05, 4.69) is 6.92 Å². The molecule has 0 aliphatic carbocycles. The van der Waals surface area contributed by atoms with Crippen molar-refractivity contribution in [2.75, 3.05) is 5.75 Å². The maximum Gasteiger partial charge on any atom is 0.188 e. The van der Waals surface area contributed by atoms with Gasteiger partial charge in [0.15, 0.2) is 5.12 Å². The molecule has 3 heteroatoms. The van der Waals surface area contributed by atoms with Crippen molar-refractivity contribution in [2.45, 2.75) is 52.1 Å². The molecule has 0 N–H and O–H groups in total. The fraction of sp³-hybridized carbons (Fsp3) is 0.900. The zero-order valence-corrected chi connectivity index (χ0v) is 9.33. The van der Waals surface area contributed by atoms with Crippen molar-refractivity contribution in [1.29, 1.82) is 0 Å². The van der Waals surface area contributed by atoms with E-state index in [4.69, 9.17) is 0 Å². The van der Waals surface area contributed by atoms with Gasteiger partial charge in [-0.05, 0) is 12.8 Å². The molecule has 78 valence electrons. The average molecular weight is 206 g/mol. The third-order valence-electron chi connectivity index (χ3n) is 1.85. The topological polar surface area (TPSA) is 17.1 Å². The van der Waals surface area contributed by atoms with Crippen LogP contribution in [0.4, 0.5) is 4.39 Å². The lowest BCUT2D eigenvalue weighted by Gasteiger charge is -2.05. The predicted molar refractivity (Wildman–Crippen MR) is 56.8 cm³/mol. The fourth-order valence-electron chi connectivity index (χ4n) is 0.973. The Balaban J connectivity index is 3.26. The van der Waals surface area contributed by atoms with Crippen molar-refractivity contribution in [1.82, 2.24) is 0 Å². The molecule has 1 nitrogen and oxygen atoms in total. The van der Waals surface area contributed by atoms with Crippen LogP contribution in [0.5, 0.6) is 0 Å². The van der Waals surface area contributed by atoms with E-state index in [1.807, 2.05) is 6.92 Å². The van der Waals surface area contributed by atoms with Crippen LogP contribution < -0.4 is 0 Å². The second-order valence-electron chi connectivity index (χ2n) is 3.10. The second kappa shape index (κ2) is 8.54. The number of hydrogen-bond donors (Lipinski definition) is 0. The molecule has 0 amide bonds. The lowest BCUT2D eigenvalue weighted by Crippen LogP contribution is -2.02. The van der Waals surface area contributed by atoms with Gasteiger partial charge in [0.05, 0.1) is 0 Å². The predicted octanol–water partition coefficient (Wildman–Crippen LogP) is 3.57. The summed E-state index contributed by atoms with van der Waals surface area (Å²) in [7, 11) is 0. The maximum atomic E-state index is 13.0. The van der Waals surface area contributed by atoms with Crippen molar-refractivity contribution in [3.63, 3.8) is 0 Å². The largest absolute Gasteiger partial charge is 0.287 e. The van der Waals surface area contributed by atoms with Gasteiger partial charge in [0.25, 0.3) is 0 Å². The number of halogens is 1. The molecule has 0 aromatic heterocycles. The molecule has 13 heavy (non-hydrogen) atoms. The summed E-state index contributed by atoms with van der Waals surface area (Å²) in [5, 5.41) is 0.169. The smallest absolute Gasteiger partial charge is 0.188 e. The van der Waals surface area contributed by atoms with Crippen molar-refractivity contribution in [3.8, 4) is 0 Å². The van der Waals surface area contributed by atoms with Crippen LogP contribution in [0.15, 0.2) is 0 Å². The van der Waals surface area contributed by atoms with Gasteiger partial charge in [0, 0.05) is 12.2 Å². The van der Waals surface area contributed by atoms with Crippen molar-refractivity contribution in [2.24, 2.45) is 0 Å². The van der Waals surface area contributed by atoms with E-state index >= 15 is 0 Å². The van der Waals surface area contributed by atoms with Gasteiger partial charge in [0.1, 0.15) is 6.17 Å². The second-order valence-corrected chi connectivity index (χ2v) is 4.25. The van der Waals surface area contributed by atoms with Gasteiger partial charge in [-0.15, -0.1) is 0 Å². The summed E-state index contributed by atoms with van der Waals surface area (Å²) in [4.78, 5) is 10.8. The molecule has 0 bridgehead atoms. The number of rotatable bonds is 7. The lowest BCUT2D eigenvalue weighted by molar-refractivity contribution is -0.110. The molecule has 0 saturated heterocycles. The third-order valence-corrected chi connectivity index (χ3v) is 2.90. The highest BCUT2D eigenvalue weighted by Crippen LogP contribution is 2.14. The number of carbonyl (C=O) groups is 1. The number of alkyl halides is 1. The Labute approximate surface area is 84.5 Å². The molecule has 1 atom stereocenters. The van der Waals surface area contributed by atoms with Crippen LogP contribution >= 0.6 is 11.8 Å². The number of unbranched alkanes of at least 4 members (excludes halogenated alkanes) is 1. The Kier molecular flexibility index (Phi) is 8.51. The average Bonchev–Trinajstić information content (AvgIpc) is 2.14. The van der Waals surface area contributed by atoms with Gasteiger partial charge in [-0.1, -0.05) is 38.5 Å². The minimum atomic E-state index is -0.711. The van der Waals surface area contributed by atoms with E-state index in [1.165, 1.54) is 11.8 Å². The quantitative estimate of drug-likeness (QED) is 0.633. The van der Waals surface area contributed by atoms with Gasteiger partial charge < -0.3 is 0 Å². The van der Waals surface area contributed by atoms with Gasteiger partial charge in [-0.3, -0.25) is 4.79 Å². The van der Waals surface area contributed by atoms with E-state index in [-0.39, 0.29) is 5.12 Å². The highest BCUT2D eigenvalue weighted by molar-refractivity contribution is 8.13. The van der Waals surface area contributed by atoms with Crippen LogP contribution in [0, 0.1) is 0 Å². The van der Waals surface area contributed by atoms with Gasteiger partial charge in [0.2, 0.25) is 0 Å². The Morgan fingerprint density at radius 2 is 2.08 bits per heavy atom. The van der Waals surface area contributed by atoms with Gasteiger partial charge >= 0.3 is 0 Å². The maximum absolute atomic E-state index is 13.0. The fourth-order valence-corrected chi connectivity index (χ4v) is 1.78. The third kappa shape index (κ3) is 8.28. The lowest BCUT2D eigenvalue weighted by atomic mass is 10.1. The van der Waals surface area contributed by atoms with E-state index in [1.54, 1.807) is 0 Å². The first-order valence-electron chi connectivity index (χ1n) is 5.00. The van der Waals surface area contributed by atoms with Crippen molar-refractivity contribution in [3.05, 3.63) is 0 Å². The molecule has 0 fully saturated rings. The van der Waals surface area contributed by atoms with Crippen LogP contribution in [0.2, 0.25) is 0 Å². The van der Waals surface area contributed by atoms with E-state index in [0.717, 1.165) is 12.8 Å². The molecule has 0 aliphatic heterocycles. The van der Waals surface area contributed by atoms with Gasteiger partial charge in [-0.2, -0.15) is 0 Å². The highest BCUT2D eigenvalue weighted by Gasteiger charge is 2.06. The summed E-state index contributed by atoms with van der Waals surface area (Å²) < 4.78 is 13.0. The number of carbonyl (C=O) groups excluding carboxylic acids is 1. The number of thioether (sulfide) groups is 1. The molecule has 0 radical (unpaired) electrons. The molecular weight excluding hydrogens is 187 g/mol. The zero-order valence-electron chi connectivity index (χ0n) is 8.51. The first kappa shape index (κ1) is 12.9. The summed E-state index contributed by atoms with van der Waals surface area (Å²) >= 11 is 1.26. The normalized spacial score (nSPS) is 12.8. The molecule has 1 unspecified atom stereocenters. The molecule has 0 saturated carbocycles. The molecular formula is C10H19FOS. The molecule has 0 aromatic carbocycles. The minimum Gasteiger partial charge on any atom is -0.287 e. The standard InChI is InChI=1S/C10H19FOS/c1-3-5-6-9(11)7-8-13-10(12)4-2/h9H,3-8H2,1-2H3. The van der Waals surface area contributed by atoms with E-state index in [9.17, 15) is 9.18 Å². The van der Waals surface area contributed by atoms with Crippen LogP contribution in [-0.2, 0) is 4.79 Å². The first-order valence-corrected chi connectivity index (χ1v) is 5.99. The Morgan fingerprint density at radius 3 is 2.62 bits per heavy atom. The molecule has 0 spiro atoms. The van der Waals surface area contributed by atoms with Crippen LogP contribution in [0.1, 0.15) is 46.0 Å². The van der Waals surface area contributed by atoms with Crippen molar-refractivity contribution < 1.29 is 9.18 Å². The first-order chi connectivity index (χ1) is 6.20. The van der Waals surface area contributed by atoms with E-state index in [0.29, 0.717) is 25.0 Å².